The van der Waals surface area contributed by atoms with Crippen LogP contribution >= 0.6 is 0 Å². The van der Waals surface area contributed by atoms with Crippen LogP contribution in [0.1, 0.15) is 39.6 Å². The number of carbonyl (C=O) groups excluding carboxylic acids is 1. The van der Waals surface area contributed by atoms with Gasteiger partial charge in [-0.1, -0.05) is 30.3 Å². The van der Waals surface area contributed by atoms with Crippen LogP contribution in [0.25, 0.3) is 0 Å². The number of carbonyl (C=O) groups is 1. The van der Waals surface area contributed by atoms with E-state index < -0.39 is 0 Å². The third-order valence-electron chi connectivity index (χ3n) is 4.69. The molecule has 0 bridgehead atoms. The second-order valence-corrected chi connectivity index (χ2v) is 6.53. The molecule has 4 nitrogen and oxygen atoms in total. The van der Waals surface area contributed by atoms with E-state index in [9.17, 15) is 9.18 Å². The maximum absolute atomic E-state index is 13.1. The van der Waals surface area contributed by atoms with Crippen molar-refractivity contribution in [3.63, 3.8) is 0 Å². The Balaban J connectivity index is 1.66. The van der Waals surface area contributed by atoms with E-state index in [2.05, 4.69) is 27.4 Å². The number of ketones is 1. The summed E-state index contributed by atoms with van der Waals surface area (Å²) in [6, 6.07) is 16.1. The number of rotatable bonds is 3. The largest absolute Gasteiger partial charge is 0.324 e. The number of hydrogen-bond acceptors (Lipinski definition) is 4. The van der Waals surface area contributed by atoms with Gasteiger partial charge in [-0.25, -0.2) is 14.4 Å². The zero-order valence-corrected chi connectivity index (χ0v) is 14.4. The second kappa shape index (κ2) is 6.67. The van der Waals surface area contributed by atoms with Crippen LogP contribution in [-0.2, 0) is 6.42 Å². The number of hydrogen-bond donors (Lipinski definition) is 1. The molecule has 5 heteroatoms. The van der Waals surface area contributed by atoms with E-state index in [0.717, 1.165) is 11.3 Å². The Hall–Kier alpha value is -3.08. The van der Waals surface area contributed by atoms with Crippen molar-refractivity contribution >= 4 is 17.4 Å². The fourth-order valence-corrected chi connectivity index (χ4v) is 3.45. The summed E-state index contributed by atoms with van der Waals surface area (Å²) in [6.45, 7) is 1.83. The maximum Gasteiger partial charge on any atom is 0.227 e. The van der Waals surface area contributed by atoms with Crippen LogP contribution in [0.15, 0.2) is 54.6 Å². The minimum atomic E-state index is -0.297. The number of nitrogens with one attached hydrogen (secondary N) is 1. The first-order valence-corrected chi connectivity index (χ1v) is 8.58. The van der Waals surface area contributed by atoms with E-state index in [-0.39, 0.29) is 17.5 Å². The van der Waals surface area contributed by atoms with Crippen molar-refractivity contribution < 1.29 is 9.18 Å². The standard InChI is InChI=1S/C21H18FN3O/c1-13-20-18(11-15(12-19(20)26)14-5-3-2-4-6-14)25-21(23-13)24-17-9-7-16(22)8-10-17/h2-10,15H,11-12H2,1H3,(H,23,24,25)/t15-/m1/s1. The fraction of sp³-hybridized carbons (Fsp3) is 0.190. The van der Waals surface area contributed by atoms with E-state index in [1.54, 1.807) is 12.1 Å². The normalized spacial score (nSPS) is 16.2. The Morgan fingerprint density at radius 1 is 1.00 bits per heavy atom. The number of aromatic nitrogens is 2. The van der Waals surface area contributed by atoms with Crippen LogP contribution in [0.5, 0.6) is 0 Å². The summed E-state index contributed by atoms with van der Waals surface area (Å²) in [5, 5.41) is 3.09. The summed E-state index contributed by atoms with van der Waals surface area (Å²) < 4.78 is 13.1. The first kappa shape index (κ1) is 16.4. The second-order valence-electron chi connectivity index (χ2n) is 6.53. The van der Waals surface area contributed by atoms with Crippen LogP contribution < -0.4 is 5.32 Å². The molecule has 0 aliphatic heterocycles. The first-order valence-electron chi connectivity index (χ1n) is 8.58. The molecular formula is C21H18FN3O. The zero-order valence-electron chi connectivity index (χ0n) is 14.4. The number of benzene rings is 2. The van der Waals surface area contributed by atoms with Gasteiger partial charge in [0.15, 0.2) is 5.78 Å². The van der Waals surface area contributed by atoms with Gasteiger partial charge in [0.25, 0.3) is 0 Å². The minimum Gasteiger partial charge on any atom is -0.324 e. The molecule has 3 aromatic rings. The predicted molar refractivity (Wildman–Crippen MR) is 98.3 cm³/mol. The Bertz CT molecular complexity index is 955. The van der Waals surface area contributed by atoms with E-state index in [0.29, 0.717) is 35.7 Å². The third kappa shape index (κ3) is 3.20. The summed E-state index contributed by atoms with van der Waals surface area (Å²) >= 11 is 0. The lowest BCUT2D eigenvalue weighted by Crippen LogP contribution is -2.22. The number of anilines is 2. The van der Waals surface area contributed by atoms with Crippen molar-refractivity contribution in [3.8, 4) is 0 Å². The fourth-order valence-electron chi connectivity index (χ4n) is 3.45. The van der Waals surface area contributed by atoms with Gasteiger partial charge in [-0.3, -0.25) is 4.79 Å². The number of fused-ring (bicyclic) bond motifs is 1. The quantitative estimate of drug-likeness (QED) is 0.753. The number of nitrogens with zero attached hydrogens (tertiary/aromatic N) is 2. The van der Waals surface area contributed by atoms with Crippen molar-refractivity contribution in [2.75, 3.05) is 5.32 Å². The molecule has 0 radical (unpaired) electrons. The highest BCUT2D eigenvalue weighted by Crippen LogP contribution is 2.33. The predicted octanol–water partition coefficient (Wildman–Crippen LogP) is 4.58. The van der Waals surface area contributed by atoms with Crippen LogP contribution in [0.2, 0.25) is 0 Å². The molecule has 4 rings (SSSR count). The van der Waals surface area contributed by atoms with E-state index in [1.165, 1.54) is 12.1 Å². The van der Waals surface area contributed by atoms with Crippen LogP contribution in [-0.4, -0.2) is 15.8 Å². The molecule has 1 N–H and O–H groups in total. The van der Waals surface area contributed by atoms with Gasteiger partial charge in [-0.2, -0.15) is 0 Å². The minimum absolute atomic E-state index is 0.0888. The van der Waals surface area contributed by atoms with E-state index in [1.807, 2.05) is 25.1 Å². The Morgan fingerprint density at radius 2 is 1.73 bits per heavy atom. The average Bonchev–Trinajstić information content (AvgIpc) is 2.64. The topological polar surface area (TPSA) is 54.9 Å². The Labute approximate surface area is 151 Å². The SMILES string of the molecule is Cc1nc(Nc2ccc(F)cc2)nc2c1C(=O)C[C@H](c1ccccc1)C2. The van der Waals surface area contributed by atoms with Gasteiger partial charge in [-0.15, -0.1) is 0 Å². The monoisotopic (exact) mass is 347 g/mol. The third-order valence-corrected chi connectivity index (χ3v) is 4.69. The molecule has 1 aromatic heterocycles. The highest BCUT2D eigenvalue weighted by Gasteiger charge is 2.29. The average molecular weight is 347 g/mol. The molecule has 130 valence electrons. The molecule has 1 aliphatic rings. The van der Waals surface area contributed by atoms with Crippen molar-refractivity contribution in [2.24, 2.45) is 0 Å². The lowest BCUT2D eigenvalue weighted by Gasteiger charge is -2.24. The highest BCUT2D eigenvalue weighted by atomic mass is 19.1. The van der Waals surface area contributed by atoms with E-state index in [4.69, 9.17) is 0 Å². The smallest absolute Gasteiger partial charge is 0.227 e. The summed E-state index contributed by atoms with van der Waals surface area (Å²) in [5.74, 6) is 0.346. The number of halogens is 1. The molecule has 2 aromatic carbocycles. The molecule has 0 fully saturated rings. The summed E-state index contributed by atoms with van der Waals surface area (Å²) in [4.78, 5) is 21.7. The molecule has 1 aliphatic carbocycles. The van der Waals surface area contributed by atoms with Crippen molar-refractivity contribution in [2.45, 2.75) is 25.7 Å². The van der Waals surface area contributed by atoms with Gasteiger partial charge in [0.2, 0.25) is 5.95 Å². The molecule has 0 unspecified atom stereocenters. The first-order chi connectivity index (χ1) is 12.6. The summed E-state index contributed by atoms with van der Waals surface area (Å²) in [7, 11) is 0. The van der Waals surface area contributed by atoms with Gasteiger partial charge in [0.05, 0.1) is 17.0 Å². The molecule has 0 amide bonds. The summed E-state index contributed by atoms with van der Waals surface area (Å²) in [6.07, 6.45) is 1.18. The van der Waals surface area contributed by atoms with Gasteiger partial charge in [0.1, 0.15) is 5.82 Å². The molecule has 0 saturated carbocycles. The lowest BCUT2D eigenvalue weighted by atomic mass is 9.81. The Kier molecular flexibility index (Phi) is 4.21. The van der Waals surface area contributed by atoms with Gasteiger partial charge >= 0.3 is 0 Å². The zero-order chi connectivity index (χ0) is 18.1. The maximum atomic E-state index is 13.1. The van der Waals surface area contributed by atoms with Crippen LogP contribution in [0, 0.1) is 12.7 Å². The molecular weight excluding hydrogens is 329 g/mol. The van der Waals surface area contributed by atoms with E-state index >= 15 is 0 Å². The molecule has 1 heterocycles. The molecule has 1 atom stereocenters. The molecule has 0 spiro atoms. The lowest BCUT2D eigenvalue weighted by molar-refractivity contribution is 0.0962. The van der Waals surface area contributed by atoms with Gasteiger partial charge in [-0.05, 0) is 49.1 Å². The Morgan fingerprint density at radius 3 is 2.46 bits per heavy atom. The van der Waals surface area contributed by atoms with Crippen LogP contribution in [0.4, 0.5) is 16.0 Å². The van der Waals surface area contributed by atoms with Crippen molar-refractivity contribution in [1.82, 2.24) is 9.97 Å². The summed E-state index contributed by atoms with van der Waals surface area (Å²) in [5.41, 5.74) is 3.94. The van der Waals surface area contributed by atoms with Crippen LogP contribution in [0.3, 0.4) is 0 Å². The van der Waals surface area contributed by atoms with Gasteiger partial charge < -0.3 is 5.32 Å². The van der Waals surface area contributed by atoms with Crippen molar-refractivity contribution in [1.29, 1.82) is 0 Å². The molecule has 0 saturated heterocycles. The number of aryl methyl sites for hydroxylation is 1. The number of Topliss-reactive ketones (excluding diaryl/α,β-unsaturated/α-hetero) is 1. The highest BCUT2D eigenvalue weighted by molar-refractivity contribution is 5.99. The van der Waals surface area contributed by atoms with Gasteiger partial charge in [0, 0.05) is 12.1 Å². The van der Waals surface area contributed by atoms with Crippen molar-refractivity contribution in [3.05, 3.63) is 82.9 Å². The molecule has 26 heavy (non-hydrogen) atoms.